The summed E-state index contributed by atoms with van der Waals surface area (Å²) in [5.74, 6) is -3.33. The number of carbonyl (C=O) groups excluding carboxylic acids is 3. The lowest BCUT2D eigenvalue weighted by Gasteiger charge is -2.23. The van der Waals surface area contributed by atoms with Crippen LogP contribution in [0, 0.1) is 11.8 Å². The molecule has 0 spiro atoms. The largest absolute Gasteiger partial charge is 0.462 e. The summed E-state index contributed by atoms with van der Waals surface area (Å²) in [5, 5.41) is 29.4. The van der Waals surface area contributed by atoms with Gasteiger partial charge in [0.25, 0.3) is 0 Å². The van der Waals surface area contributed by atoms with E-state index >= 15 is 0 Å². The van der Waals surface area contributed by atoms with E-state index in [1.807, 2.05) is 11.5 Å². The standard InChI is InChI=1S/C16H30N2O8/c1-7(2)11(17)15(23)25-5-9(19)13(21)14(22)10(20)6-26-16(24)12(18)8(3)4/h7-9,11-14,19,21-22H,5-6,17-18H2,1-4H3/t9-,11+,12+,13-,14-/m1/s1/i/hD2. The van der Waals surface area contributed by atoms with Crippen LogP contribution < -0.4 is 11.5 Å². The van der Waals surface area contributed by atoms with E-state index in [9.17, 15) is 29.7 Å². The summed E-state index contributed by atoms with van der Waals surface area (Å²) in [7, 11) is 0. The van der Waals surface area contributed by atoms with E-state index in [0.717, 1.165) is 0 Å². The van der Waals surface area contributed by atoms with E-state index in [1.165, 1.54) is 0 Å². The molecule has 0 aromatic carbocycles. The van der Waals surface area contributed by atoms with Gasteiger partial charge in [0.2, 0.25) is 5.78 Å². The van der Waals surface area contributed by atoms with Gasteiger partial charge in [0.15, 0.2) is 6.61 Å². The Morgan fingerprint density at radius 2 is 1.38 bits per heavy atom. The maximum atomic E-state index is 11.8. The minimum atomic E-state index is -2.09. The molecular weight excluding hydrogens is 348 g/mol. The van der Waals surface area contributed by atoms with Gasteiger partial charge in [-0.1, -0.05) is 27.7 Å². The number of aliphatic hydroxyl groups is 3. The highest BCUT2D eigenvalue weighted by atomic mass is 16.5. The first kappa shape index (κ1) is 20.7. The summed E-state index contributed by atoms with van der Waals surface area (Å²) < 4.78 is 23.6. The molecule has 0 radical (unpaired) electrons. The first-order valence-electron chi connectivity index (χ1n) is 9.22. The number of aliphatic hydroxyl groups excluding tert-OH is 3. The molecule has 26 heavy (non-hydrogen) atoms. The lowest BCUT2D eigenvalue weighted by Crippen LogP contribution is -2.47. The number of ether oxygens (including phenoxy) is 2. The minimum Gasteiger partial charge on any atom is -0.462 e. The molecule has 0 aromatic rings. The van der Waals surface area contributed by atoms with Gasteiger partial charge in [-0.15, -0.1) is 0 Å². The van der Waals surface area contributed by atoms with E-state index in [1.54, 1.807) is 27.7 Å². The Morgan fingerprint density at radius 1 is 0.923 bits per heavy atom. The number of carbonyl (C=O) groups is 3. The van der Waals surface area contributed by atoms with Crippen molar-refractivity contribution in [3.05, 3.63) is 0 Å². The van der Waals surface area contributed by atoms with Crippen LogP contribution in [0.15, 0.2) is 0 Å². The van der Waals surface area contributed by atoms with Gasteiger partial charge < -0.3 is 36.2 Å². The van der Waals surface area contributed by atoms with Gasteiger partial charge >= 0.3 is 11.9 Å². The van der Waals surface area contributed by atoms with Crippen molar-refractivity contribution in [1.29, 1.82) is 0 Å². The Hall–Kier alpha value is -1.59. The summed E-state index contributed by atoms with van der Waals surface area (Å²) in [6.45, 7) is 5.07. The molecule has 0 saturated carbocycles. The summed E-state index contributed by atoms with van der Waals surface area (Å²) >= 11 is 0. The molecule has 0 aromatic heterocycles. The van der Waals surface area contributed by atoms with Gasteiger partial charge in [-0.2, -0.15) is 0 Å². The molecule has 0 aliphatic rings. The maximum Gasteiger partial charge on any atom is 0.323 e. The number of hydrogen-bond donors (Lipinski definition) is 5. The lowest BCUT2D eigenvalue weighted by molar-refractivity contribution is -0.160. The van der Waals surface area contributed by atoms with Crippen LogP contribution in [0.2, 0.25) is 2.82 Å². The molecule has 152 valence electrons. The Bertz CT molecular complexity index is 521. The summed E-state index contributed by atoms with van der Waals surface area (Å²) in [5.41, 5.74) is 3.99. The van der Waals surface area contributed by atoms with Crippen molar-refractivity contribution in [2.24, 2.45) is 23.3 Å². The first-order valence-corrected chi connectivity index (χ1v) is 8.22. The topological polar surface area (TPSA) is 182 Å². The van der Waals surface area contributed by atoms with Gasteiger partial charge in [0, 0.05) is 0 Å². The average molecular weight is 380 g/mol. The van der Waals surface area contributed by atoms with Crippen LogP contribution in [0.4, 0.5) is 0 Å². The monoisotopic (exact) mass is 380 g/mol. The third-order valence-electron chi connectivity index (χ3n) is 3.64. The van der Waals surface area contributed by atoms with Crippen molar-refractivity contribution >= 4 is 17.7 Å². The van der Waals surface area contributed by atoms with Gasteiger partial charge in [-0.3, -0.25) is 14.4 Å². The van der Waals surface area contributed by atoms with E-state index in [4.69, 9.17) is 12.3 Å². The van der Waals surface area contributed by atoms with E-state index < -0.39 is 61.3 Å². The molecule has 0 saturated heterocycles. The van der Waals surface area contributed by atoms with Crippen LogP contribution in [-0.4, -0.2) is 76.7 Å². The molecule has 5 atom stereocenters. The second kappa shape index (κ2) is 11.2. The van der Waals surface area contributed by atoms with Crippen LogP contribution in [-0.2, 0) is 23.9 Å². The van der Waals surface area contributed by atoms with Crippen LogP contribution in [0.5, 0.6) is 0 Å². The smallest absolute Gasteiger partial charge is 0.323 e. The zero-order chi connectivity index (χ0) is 22.0. The van der Waals surface area contributed by atoms with Crippen molar-refractivity contribution in [3.63, 3.8) is 0 Å². The molecule has 7 N–H and O–H groups in total. The predicted molar refractivity (Wildman–Crippen MR) is 90.6 cm³/mol. The fourth-order valence-electron chi connectivity index (χ4n) is 1.62. The number of ketones is 1. The Labute approximate surface area is 155 Å². The van der Waals surface area contributed by atoms with E-state index in [0.29, 0.717) is 0 Å². The first-order chi connectivity index (χ1) is 13.0. The molecule has 0 aliphatic carbocycles. The molecule has 0 bridgehead atoms. The van der Waals surface area contributed by atoms with Crippen molar-refractivity contribution < 1.29 is 42.0 Å². The van der Waals surface area contributed by atoms with Gasteiger partial charge in [0.1, 0.15) is 39.8 Å². The number of nitrogens with two attached hydrogens (primary N) is 2. The lowest BCUT2D eigenvalue weighted by atomic mass is 10.0. The SMILES string of the molecule is [2H]N[C@H](C(=O)OCC(=O)[C@@H](O)[C@H](O)[C@H](O)COC(=O)[C@@H](N[2H])C(C)C)C(C)C. The maximum absolute atomic E-state index is 11.8. The summed E-state index contributed by atoms with van der Waals surface area (Å²) in [4.78, 5) is 35.4. The highest BCUT2D eigenvalue weighted by Gasteiger charge is 2.32. The van der Waals surface area contributed by atoms with Gasteiger partial charge in [-0.05, 0) is 11.8 Å². The Kier molecular flexibility index (Phi) is 8.92. The van der Waals surface area contributed by atoms with E-state index in [2.05, 4.69) is 0 Å². The van der Waals surface area contributed by atoms with Crippen molar-refractivity contribution in [3.8, 4) is 0 Å². The zero-order valence-corrected chi connectivity index (χ0v) is 15.3. The van der Waals surface area contributed by atoms with Crippen LogP contribution in [0.25, 0.3) is 0 Å². The molecular formula is C16H30N2O8. The normalized spacial score (nSPS) is 18.3. The van der Waals surface area contributed by atoms with Crippen molar-refractivity contribution in [2.45, 2.75) is 58.1 Å². The number of rotatable bonds is 13. The zero-order valence-electron chi connectivity index (χ0n) is 17.3. The molecule has 0 heterocycles. The van der Waals surface area contributed by atoms with Gasteiger partial charge in [-0.25, -0.2) is 0 Å². The molecule has 0 amide bonds. The highest BCUT2D eigenvalue weighted by molar-refractivity contribution is 5.87. The van der Waals surface area contributed by atoms with Crippen LogP contribution >= 0.6 is 0 Å². The molecule has 0 rings (SSSR count). The average Bonchev–Trinajstić information content (AvgIpc) is 2.63. The fraction of sp³-hybridized carbons (Fsp3) is 0.812. The molecule has 0 fully saturated rings. The highest BCUT2D eigenvalue weighted by Crippen LogP contribution is 2.07. The second-order valence-corrected chi connectivity index (χ2v) is 6.65. The quantitative estimate of drug-likeness (QED) is 0.218. The molecule has 10 nitrogen and oxygen atoms in total. The van der Waals surface area contributed by atoms with Crippen LogP contribution in [0.1, 0.15) is 27.7 Å². The fourth-order valence-corrected chi connectivity index (χ4v) is 1.62. The molecule has 0 unspecified atom stereocenters. The minimum absolute atomic E-state index is 0.262. The number of hydrogen-bond acceptors (Lipinski definition) is 10. The third-order valence-corrected chi connectivity index (χ3v) is 3.64. The summed E-state index contributed by atoms with van der Waals surface area (Å²) in [6.07, 6.45) is -5.86. The van der Waals surface area contributed by atoms with Crippen LogP contribution in [0.3, 0.4) is 0 Å². The second-order valence-electron chi connectivity index (χ2n) is 6.65. The summed E-state index contributed by atoms with van der Waals surface area (Å²) in [6, 6.07) is -1.92. The number of Topliss-reactive ketones (excluding diaryl/α,β-unsaturated/α-hetero) is 1. The predicted octanol–water partition coefficient (Wildman–Crippen LogP) is -2.31. The van der Waals surface area contributed by atoms with Crippen molar-refractivity contribution in [2.75, 3.05) is 13.2 Å². The van der Waals surface area contributed by atoms with Gasteiger partial charge in [0.05, 0.1) is 0 Å². The molecule has 10 heteroatoms. The molecule has 0 aliphatic heterocycles. The Morgan fingerprint density at radius 3 is 1.81 bits per heavy atom. The third kappa shape index (κ3) is 7.75. The van der Waals surface area contributed by atoms with Crippen molar-refractivity contribution in [1.82, 2.24) is 0 Å². The number of esters is 2. The Balaban J connectivity index is 4.58. The van der Waals surface area contributed by atoms with E-state index in [-0.39, 0.29) is 11.8 Å².